The first kappa shape index (κ1) is 13.1. The maximum absolute atomic E-state index is 11.8. The number of rotatable bonds is 6. The van der Waals surface area contributed by atoms with E-state index in [-0.39, 0.29) is 17.0 Å². The zero-order chi connectivity index (χ0) is 12.8. The fourth-order valence-corrected chi connectivity index (χ4v) is 1.52. The molecule has 0 atom stereocenters. The number of nitro groups is 1. The summed E-state index contributed by atoms with van der Waals surface area (Å²) in [7, 11) is 0. The van der Waals surface area contributed by atoms with Gasteiger partial charge in [-0.2, -0.15) is 0 Å². The normalized spacial score (nSPS) is 10.2. The molecule has 0 aliphatic carbocycles. The monoisotopic (exact) mass is 237 g/mol. The van der Waals surface area contributed by atoms with Gasteiger partial charge in [0.05, 0.1) is 5.56 Å². The Morgan fingerprint density at radius 2 is 2.24 bits per heavy atom. The van der Waals surface area contributed by atoms with Crippen LogP contribution in [0.4, 0.5) is 11.5 Å². The van der Waals surface area contributed by atoms with Crippen molar-refractivity contribution in [2.45, 2.75) is 32.6 Å². The van der Waals surface area contributed by atoms with Gasteiger partial charge in [0.15, 0.2) is 5.78 Å². The topological polar surface area (TPSA) is 99.1 Å². The van der Waals surface area contributed by atoms with Crippen LogP contribution in [0.3, 0.4) is 0 Å². The van der Waals surface area contributed by atoms with Crippen molar-refractivity contribution in [3.05, 3.63) is 27.9 Å². The summed E-state index contributed by atoms with van der Waals surface area (Å²) in [5.74, 6) is -0.618. The highest BCUT2D eigenvalue weighted by Gasteiger charge is 2.20. The Balaban J connectivity index is 2.87. The third-order valence-corrected chi connectivity index (χ3v) is 2.45. The molecule has 0 saturated carbocycles. The Hall–Kier alpha value is -1.98. The number of Topliss-reactive ketones (excluding diaryl/α,β-unsaturated/α-hetero) is 1. The van der Waals surface area contributed by atoms with Crippen LogP contribution in [0.1, 0.15) is 43.0 Å². The largest absolute Gasteiger partial charge is 0.391 e. The van der Waals surface area contributed by atoms with Gasteiger partial charge in [0.1, 0.15) is 11.9 Å². The molecule has 0 amide bonds. The predicted molar refractivity (Wildman–Crippen MR) is 63.8 cm³/mol. The van der Waals surface area contributed by atoms with Gasteiger partial charge in [0.25, 0.3) is 0 Å². The summed E-state index contributed by atoms with van der Waals surface area (Å²) >= 11 is 0. The second kappa shape index (κ2) is 5.93. The fraction of sp³-hybridized carbons (Fsp3) is 0.455. The number of nitrogen functional groups attached to an aromatic ring is 1. The minimum Gasteiger partial charge on any atom is -0.391 e. The molecule has 6 heteroatoms. The summed E-state index contributed by atoms with van der Waals surface area (Å²) in [5.41, 5.74) is 5.62. The van der Waals surface area contributed by atoms with Crippen LogP contribution in [0.25, 0.3) is 0 Å². The van der Waals surface area contributed by atoms with Crippen LogP contribution in [-0.2, 0) is 0 Å². The number of anilines is 1. The number of pyridine rings is 1. The number of ketones is 1. The van der Waals surface area contributed by atoms with Crippen LogP contribution >= 0.6 is 0 Å². The highest BCUT2D eigenvalue weighted by atomic mass is 16.6. The molecule has 0 bridgehead atoms. The lowest BCUT2D eigenvalue weighted by Crippen LogP contribution is -2.07. The molecule has 1 rings (SSSR count). The van der Waals surface area contributed by atoms with Gasteiger partial charge < -0.3 is 15.8 Å². The number of carbonyl (C=O) groups is 1. The lowest BCUT2D eigenvalue weighted by Gasteiger charge is -2.03. The summed E-state index contributed by atoms with van der Waals surface area (Å²) in [4.78, 5) is 25.3. The maximum atomic E-state index is 11.8. The predicted octanol–water partition coefficient (Wildman–Crippen LogP) is 2.33. The molecule has 0 radical (unpaired) electrons. The summed E-state index contributed by atoms with van der Waals surface area (Å²) in [6, 6.07) is 1.43. The number of nitrogens with two attached hydrogens (primary N) is 1. The van der Waals surface area contributed by atoms with Crippen LogP contribution in [0.2, 0.25) is 0 Å². The highest BCUT2D eigenvalue weighted by molar-refractivity contribution is 6.01. The number of nitrogens with zero attached hydrogens (tertiary/aromatic N) is 2. The third-order valence-electron chi connectivity index (χ3n) is 2.45. The van der Waals surface area contributed by atoms with E-state index in [2.05, 4.69) is 4.98 Å². The van der Waals surface area contributed by atoms with Gasteiger partial charge >= 0.3 is 5.82 Å². The lowest BCUT2D eigenvalue weighted by atomic mass is 10.0. The highest BCUT2D eigenvalue weighted by Crippen LogP contribution is 2.23. The second-order valence-electron chi connectivity index (χ2n) is 3.73. The Morgan fingerprint density at radius 1 is 1.53 bits per heavy atom. The van der Waals surface area contributed by atoms with E-state index in [9.17, 15) is 14.9 Å². The number of hydrogen-bond acceptors (Lipinski definition) is 5. The van der Waals surface area contributed by atoms with Gasteiger partial charge in [-0.05, 0) is 22.4 Å². The van der Waals surface area contributed by atoms with Crippen molar-refractivity contribution in [3.8, 4) is 0 Å². The minimum atomic E-state index is -0.682. The average molecular weight is 237 g/mol. The molecule has 1 aromatic heterocycles. The third kappa shape index (κ3) is 3.24. The number of aromatic nitrogens is 1. The lowest BCUT2D eigenvalue weighted by molar-refractivity contribution is -0.388. The standard InChI is InChI=1S/C11H15N3O3/c1-2-3-4-5-9(15)8-6-7-13-11(10(8)12)14(16)17/h6-7H,2-5,12H2,1H3. The Kier molecular flexibility index (Phi) is 4.56. The van der Waals surface area contributed by atoms with Crippen molar-refractivity contribution in [2.75, 3.05) is 5.73 Å². The Labute approximate surface area is 99.0 Å². The molecular formula is C11H15N3O3. The molecule has 0 unspecified atom stereocenters. The molecule has 92 valence electrons. The molecule has 0 aliphatic rings. The number of hydrogen-bond donors (Lipinski definition) is 1. The Morgan fingerprint density at radius 3 is 2.82 bits per heavy atom. The molecule has 1 heterocycles. The number of carbonyl (C=O) groups excluding carboxylic acids is 1. The van der Waals surface area contributed by atoms with E-state index in [1.807, 2.05) is 6.92 Å². The van der Waals surface area contributed by atoms with Gasteiger partial charge in [-0.3, -0.25) is 4.79 Å². The smallest absolute Gasteiger partial charge is 0.387 e. The first-order chi connectivity index (χ1) is 8.07. The quantitative estimate of drug-likeness (QED) is 0.354. The SMILES string of the molecule is CCCCCC(=O)c1ccnc([N+](=O)[O-])c1N. The Bertz CT molecular complexity index is 432. The molecule has 2 N–H and O–H groups in total. The summed E-state index contributed by atoms with van der Waals surface area (Å²) in [6.07, 6.45) is 4.34. The van der Waals surface area contributed by atoms with Crippen LogP contribution in [0.15, 0.2) is 12.3 Å². The van der Waals surface area contributed by atoms with E-state index < -0.39 is 10.7 Å². The fourth-order valence-electron chi connectivity index (χ4n) is 1.52. The first-order valence-corrected chi connectivity index (χ1v) is 5.50. The summed E-state index contributed by atoms with van der Waals surface area (Å²) < 4.78 is 0. The van der Waals surface area contributed by atoms with Crippen LogP contribution in [0.5, 0.6) is 0 Å². The van der Waals surface area contributed by atoms with Crippen molar-refractivity contribution >= 4 is 17.3 Å². The minimum absolute atomic E-state index is 0.140. The number of unbranched alkanes of at least 4 members (excludes halogenated alkanes) is 2. The summed E-state index contributed by atoms with van der Waals surface area (Å²) in [5, 5.41) is 10.6. The maximum Gasteiger partial charge on any atom is 0.387 e. The second-order valence-corrected chi connectivity index (χ2v) is 3.73. The van der Waals surface area contributed by atoms with E-state index >= 15 is 0 Å². The van der Waals surface area contributed by atoms with E-state index in [0.29, 0.717) is 6.42 Å². The van der Waals surface area contributed by atoms with Crippen molar-refractivity contribution in [1.82, 2.24) is 4.98 Å². The van der Waals surface area contributed by atoms with E-state index in [1.165, 1.54) is 12.3 Å². The molecule has 0 saturated heterocycles. The molecule has 0 aromatic carbocycles. The van der Waals surface area contributed by atoms with Gasteiger partial charge in [-0.1, -0.05) is 19.8 Å². The van der Waals surface area contributed by atoms with Gasteiger partial charge in [0, 0.05) is 6.42 Å². The first-order valence-electron chi connectivity index (χ1n) is 5.50. The van der Waals surface area contributed by atoms with Crippen LogP contribution in [0, 0.1) is 10.1 Å². The average Bonchev–Trinajstić information content (AvgIpc) is 2.29. The van der Waals surface area contributed by atoms with E-state index in [1.54, 1.807) is 0 Å². The van der Waals surface area contributed by atoms with E-state index in [0.717, 1.165) is 19.3 Å². The molecule has 1 aromatic rings. The molecule has 0 aliphatic heterocycles. The molecular weight excluding hydrogens is 222 g/mol. The van der Waals surface area contributed by atoms with Gasteiger partial charge in [-0.25, -0.2) is 0 Å². The zero-order valence-electron chi connectivity index (χ0n) is 9.68. The zero-order valence-corrected chi connectivity index (χ0v) is 9.68. The van der Waals surface area contributed by atoms with Crippen LogP contribution in [-0.4, -0.2) is 15.7 Å². The van der Waals surface area contributed by atoms with Crippen molar-refractivity contribution in [1.29, 1.82) is 0 Å². The van der Waals surface area contributed by atoms with Crippen LogP contribution < -0.4 is 5.73 Å². The van der Waals surface area contributed by atoms with Gasteiger partial charge in [-0.15, -0.1) is 0 Å². The van der Waals surface area contributed by atoms with Crippen molar-refractivity contribution in [3.63, 3.8) is 0 Å². The van der Waals surface area contributed by atoms with Crippen molar-refractivity contribution < 1.29 is 9.72 Å². The molecule has 6 nitrogen and oxygen atoms in total. The molecule has 0 fully saturated rings. The summed E-state index contributed by atoms with van der Waals surface area (Å²) in [6.45, 7) is 2.04. The van der Waals surface area contributed by atoms with Gasteiger partial charge in [0.2, 0.25) is 0 Å². The molecule has 17 heavy (non-hydrogen) atoms. The van der Waals surface area contributed by atoms with E-state index in [4.69, 9.17) is 5.73 Å². The van der Waals surface area contributed by atoms with Crippen molar-refractivity contribution in [2.24, 2.45) is 0 Å². The molecule has 0 spiro atoms.